The highest BCUT2D eigenvalue weighted by Gasteiger charge is 2.14. The number of benzene rings is 2. The Morgan fingerprint density at radius 2 is 2.00 bits per heavy atom. The molecule has 5 nitrogen and oxygen atoms in total. The number of aromatic nitrogens is 3. The predicted octanol–water partition coefficient (Wildman–Crippen LogP) is 3.55. The molecule has 1 heterocycles. The van der Waals surface area contributed by atoms with Gasteiger partial charge in [-0.3, -0.25) is 4.79 Å². The average molecular weight is 345 g/mol. The van der Waals surface area contributed by atoms with Gasteiger partial charge in [0, 0.05) is 0 Å². The molecule has 0 bridgehead atoms. The van der Waals surface area contributed by atoms with E-state index in [9.17, 15) is 9.18 Å². The number of hydrogen-bond donors (Lipinski definition) is 1. The molecule has 0 saturated carbocycles. The van der Waals surface area contributed by atoms with E-state index in [1.165, 1.54) is 12.1 Å². The molecular weight excluding hydrogens is 331 g/mol. The maximum atomic E-state index is 13.0. The third kappa shape index (κ3) is 3.44. The minimum Gasteiger partial charge on any atom is -0.324 e. The van der Waals surface area contributed by atoms with Crippen LogP contribution in [0.3, 0.4) is 0 Å². The maximum Gasteiger partial charge on any atom is 0.230 e. The summed E-state index contributed by atoms with van der Waals surface area (Å²) in [5.41, 5.74) is 2.57. The van der Waals surface area contributed by atoms with Crippen LogP contribution in [-0.2, 0) is 11.2 Å². The van der Waals surface area contributed by atoms with Gasteiger partial charge >= 0.3 is 0 Å². The molecule has 0 unspecified atom stereocenters. The number of anilines is 1. The number of halogens is 2. The largest absolute Gasteiger partial charge is 0.324 e. The van der Waals surface area contributed by atoms with Crippen LogP contribution >= 0.6 is 11.6 Å². The van der Waals surface area contributed by atoms with Gasteiger partial charge in [0.05, 0.1) is 34.2 Å². The molecule has 0 aliphatic heterocycles. The molecular formula is C17H14ClFN4O. The number of para-hydroxylation sites is 1. The second-order valence-corrected chi connectivity index (χ2v) is 5.63. The fourth-order valence-electron chi connectivity index (χ4n) is 2.28. The molecule has 1 N–H and O–H groups in total. The number of rotatable bonds is 4. The first-order chi connectivity index (χ1) is 11.5. The van der Waals surface area contributed by atoms with E-state index in [0.717, 1.165) is 17.4 Å². The van der Waals surface area contributed by atoms with Gasteiger partial charge in [-0.1, -0.05) is 35.0 Å². The lowest BCUT2D eigenvalue weighted by Gasteiger charge is -2.07. The van der Waals surface area contributed by atoms with Crippen LogP contribution in [0.2, 0.25) is 5.02 Å². The summed E-state index contributed by atoms with van der Waals surface area (Å²) in [6.07, 6.45) is 0.0480. The highest BCUT2D eigenvalue weighted by atomic mass is 35.5. The molecule has 0 fully saturated rings. The van der Waals surface area contributed by atoms with Crippen molar-refractivity contribution in [2.75, 3.05) is 5.32 Å². The number of nitrogens with zero attached hydrogens (tertiary/aromatic N) is 3. The fraction of sp³-hybridized carbons (Fsp3) is 0.118. The zero-order valence-electron chi connectivity index (χ0n) is 12.8. The van der Waals surface area contributed by atoms with Crippen LogP contribution in [0, 0.1) is 12.7 Å². The van der Waals surface area contributed by atoms with Crippen LogP contribution in [0.5, 0.6) is 0 Å². The number of nitrogens with one attached hydrogen (secondary N) is 1. The summed E-state index contributed by atoms with van der Waals surface area (Å²) in [6, 6.07) is 13.3. The average Bonchev–Trinajstić information content (AvgIpc) is 2.92. The van der Waals surface area contributed by atoms with Crippen molar-refractivity contribution < 1.29 is 9.18 Å². The van der Waals surface area contributed by atoms with E-state index in [1.807, 2.05) is 37.3 Å². The van der Waals surface area contributed by atoms with Crippen molar-refractivity contribution in [1.82, 2.24) is 15.0 Å². The van der Waals surface area contributed by atoms with Gasteiger partial charge in [-0.25, -0.2) is 9.07 Å². The predicted molar refractivity (Wildman–Crippen MR) is 89.8 cm³/mol. The molecule has 122 valence electrons. The van der Waals surface area contributed by atoms with Crippen molar-refractivity contribution in [3.63, 3.8) is 0 Å². The van der Waals surface area contributed by atoms with E-state index in [4.69, 9.17) is 11.6 Å². The van der Waals surface area contributed by atoms with Gasteiger partial charge in [0.2, 0.25) is 5.91 Å². The van der Waals surface area contributed by atoms with Crippen molar-refractivity contribution in [3.05, 3.63) is 70.8 Å². The summed E-state index contributed by atoms with van der Waals surface area (Å²) < 4.78 is 14.7. The van der Waals surface area contributed by atoms with E-state index < -0.39 is 5.82 Å². The molecule has 3 rings (SSSR count). The lowest BCUT2D eigenvalue weighted by molar-refractivity contribution is -0.115. The van der Waals surface area contributed by atoms with E-state index >= 15 is 0 Å². The van der Waals surface area contributed by atoms with Crippen molar-refractivity contribution in [3.8, 4) is 5.69 Å². The standard InChI is InChI=1S/C17H14ClFN4O/c1-11-16(21-22-23(11)13-5-3-2-4-6-13)10-17(24)20-15-8-7-12(19)9-14(15)18/h2-9H,10H2,1H3,(H,20,24). The van der Waals surface area contributed by atoms with E-state index in [0.29, 0.717) is 11.4 Å². The second kappa shape index (κ2) is 6.80. The SMILES string of the molecule is Cc1c(CC(=O)Nc2ccc(F)cc2Cl)nnn1-c1ccccc1. The molecule has 1 aromatic heterocycles. The summed E-state index contributed by atoms with van der Waals surface area (Å²) in [6.45, 7) is 1.85. The summed E-state index contributed by atoms with van der Waals surface area (Å²) in [7, 11) is 0. The van der Waals surface area contributed by atoms with Crippen LogP contribution in [0.25, 0.3) is 5.69 Å². The quantitative estimate of drug-likeness (QED) is 0.787. The van der Waals surface area contributed by atoms with E-state index in [1.54, 1.807) is 4.68 Å². The van der Waals surface area contributed by atoms with Gasteiger partial charge in [0.25, 0.3) is 0 Å². The van der Waals surface area contributed by atoms with Crippen molar-refractivity contribution in [2.45, 2.75) is 13.3 Å². The van der Waals surface area contributed by atoms with Crippen LogP contribution in [0.4, 0.5) is 10.1 Å². The summed E-state index contributed by atoms with van der Waals surface area (Å²) in [4.78, 5) is 12.2. The lowest BCUT2D eigenvalue weighted by atomic mass is 10.2. The number of carbonyl (C=O) groups is 1. The van der Waals surface area contributed by atoms with Crippen molar-refractivity contribution in [2.24, 2.45) is 0 Å². The molecule has 0 radical (unpaired) electrons. The molecule has 2 aromatic carbocycles. The maximum absolute atomic E-state index is 13.0. The number of carbonyl (C=O) groups excluding carboxylic acids is 1. The van der Waals surface area contributed by atoms with Gasteiger partial charge in [-0.2, -0.15) is 0 Å². The molecule has 0 aliphatic carbocycles. The molecule has 7 heteroatoms. The number of hydrogen-bond acceptors (Lipinski definition) is 3. The Kier molecular flexibility index (Phi) is 4.57. The fourth-order valence-corrected chi connectivity index (χ4v) is 2.49. The Hall–Kier alpha value is -2.73. The van der Waals surface area contributed by atoms with Gasteiger partial charge < -0.3 is 5.32 Å². The highest BCUT2D eigenvalue weighted by Crippen LogP contribution is 2.22. The highest BCUT2D eigenvalue weighted by molar-refractivity contribution is 6.33. The third-order valence-corrected chi connectivity index (χ3v) is 3.84. The van der Waals surface area contributed by atoms with Crippen molar-refractivity contribution >= 4 is 23.2 Å². The summed E-state index contributed by atoms with van der Waals surface area (Å²) in [5.74, 6) is -0.758. The minimum atomic E-state index is -0.459. The zero-order valence-corrected chi connectivity index (χ0v) is 13.6. The number of amides is 1. The Bertz CT molecular complexity index is 880. The van der Waals surface area contributed by atoms with Gasteiger partial charge in [-0.05, 0) is 37.3 Å². The Labute approximate surface area is 143 Å². The molecule has 0 atom stereocenters. The van der Waals surface area contributed by atoms with Gasteiger partial charge in [0.15, 0.2) is 0 Å². The second-order valence-electron chi connectivity index (χ2n) is 5.22. The normalized spacial score (nSPS) is 10.6. The van der Waals surface area contributed by atoms with E-state index in [-0.39, 0.29) is 17.4 Å². The lowest BCUT2D eigenvalue weighted by Crippen LogP contribution is -2.15. The Morgan fingerprint density at radius 1 is 1.25 bits per heavy atom. The first kappa shape index (κ1) is 16.1. The molecule has 0 aliphatic rings. The monoisotopic (exact) mass is 344 g/mol. The smallest absolute Gasteiger partial charge is 0.230 e. The summed E-state index contributed by atoms with van der Waals surface area (Å²) in [5, 5.41) is 10.9. The van der Waals surface area contributed by atoms with E-state index in [2.05, 4.69) is 15.6 Å². The third-order valence-electron chi connectivity index (χ3n) is 3.52. The first-order valence-electron chi connectivity index (χ1n) is 7.26. The molecule has 24 heavy (non-hydrogen) atoms. The van der Waals surface area contributed by atoms with Gasteiger partial charge in [-0.15, -0.1) is 5.10 Å². The molecule has 0 spiro atoms. The van der Waals surface area contributed by atoms with Crippen LogP contribution in [0.1, 0.15) is 11.4 Å². The zero-order chi connectivity index (χ0) is 17.1. The molecule has 1 amide bonds. The van der Waals surface area contributed by atoms with Crippen molar-refractivity contribution in [1.29, 1.82) is 0 Å². The molecule has 3 aromatic rings. The van der Waals surface area contributed by atoms with Crippen LogP contribution in [0.15, 0.2) is 48.5 Å². The minimum absolute atomic E-state index is 0.0480. The Morgan fingerprint density at radius 3 is 2.71 bits per heavy atom. The Balaban J connectivity index is 1.74. The van der Waals surface area contributed by atoms with Crippen LogP contribution in [-0.4, -0.2) is 20.9 Å². The van der Waals surface area contributed by atoms with Gasteiger partial charge in [0.1, 0.15) is 5.82 Å². The molecule has 0 saturated heterocycles. The van der Waals surface area contributed by atoms with Crippen LogP contribution < -0.4 is 5.32 Å². The topological polar surface area (TPSA) is 59.8 Å². The first-order valence-corrected chi connectivity index (χ1v) is 7.64. The summed E-state index contributed by atoms with van der Waals surface area (Å²) >= 11 is 5.91.